The number of amides is 1. The molecule has 3 atom stereocenters. The fourth-order valence-corrected chi connectivity index (χ4v) is 6.18. The third-order valence-corrected chi connectivity index (χ3v) is 8.82. The van der Waals surface area contributed by atoms with Crippen LogP contribution in [0.3, 0.4) is 0 Å². The molecule has 1 N–H and O–H groups in total. The number of hydrogen-bond acceptors (Lipinski definition) is 4. The van der Waals surface area contributed by atoms with Crippen molar-refractivity contribution in [2.75, 3.05) is 18.9 Å². The average Bonchev–Trinajstić information content (AvgIpc) is 3.50. The number of likely N-dealkylation sites (tertiary alicyclic amines) is 1. The smallest absolute Gasteiger partial charge is 0.252 e. The number of nitrogens with one attached hydrogen (secondary N) is 1. The maximum Gasteiger partial charge on any atom is 0.252 e. The molecule has 2 aromatic carbocycles. The lowest BCUT2D eigenvalue weighted by Crippen LogP contribution is -2.53. The van der Waals surface area contributed by atoms with Crippen LogP contribution in [0.4, 0.5) is 13.2 Å². The summed E-state index contributed by atoms with van der Waals surface area (Å²) in [5.41, 5.74) is -0.335. The van der Waals surface area contributed by atoms with Crippen LogP contribution in [0, 0.1) is 22.9 Å². The van der Waals surface area contributed by atoms with Crippen molar-refractivity contribution in [1.82, 2.24) is 9.62 Å². The number of sulfonamides is 1. The molecule has 2 heterocycles. The van der Waals surface area contributed by atoms with Gasteiger partial charge in [-0.2, -0.15) is 0 Å². The van der Waals surface area contributed by atoms with Gasteiger partial charge in [0.15, 0.2) is 0 Å². The molecule has 10 heteroatoms. The van der Waals surface area contributed by atoms with Crippen LogP contribution >= 0.6 is 0 Å². The molecule has 2 aliphatic heterocycles. The molecular weight excluding hydrogens is 481 g/mol. The van der Waals surface area contributed by atoms with E-state index in [2.05, 4.69) is 4.72 Å². The summed E-state index contributed by atoms with van der Waals surface area (Å²) in [4.78, 5) is 14.8. The lowest BCUT2D eigenvalue weighted by molar-refractivity contribution is -0.157. The Morgan fingerprint density at radius 1 is 1.17 bits per heavy atom. The molecular formula is C25H27F3N2O4S. The number of nitrogens with zero attached hydrogens (tertiary/aromatic N) is 1. The van der Waals surface area contributed by atoms with E-state index in [1.165, 1.54) is 25.1 Å². The first-order valence-corrected chi connectivity index (χ1v) is 13.4. The first-order chi connectivity index (χ1) is 16.6. The summed E-state index contributed by atoms with van der Waals surface area (Å²) in [5, 5.41) is 0. The number of ether oxygens (including phenoxy) is 1. The van der Waals surface area contributed by atoms with E-state index in [1.54, 1.807) is 4.90 Å². The largest absolute Gasteiger partial charge is 0.368 e. The van der Waals surface area contributed by atoms with Crippen molar-refractivity contribution in [3.8, 4) is 11.1 Å². The molecule has 3 fully saturated rings. The Morgan fingerprint density at radius 3 is 2.51 bits per heavy atom. The molecule has 6 nitrogen and oxygen atoms in total. The van der Waals surface area contributed by atoms with Crippen LogP contribution in [-0.4, -0.2) is 56.3 Å². The van der Waals surface area contributed by atoms with Crippen LogP contribution in [0.5, 0.6) is 0 Å². The second kappa shape index (κ2) is 8.90. The fraction of sp³-hybridized carbons (Fsp3) is 0.480. The molecule has 1 spiro atoms. The second-order valence-corrected chi connectivity index (χ2v) is 11.7. The predicted octanol–water partition coefficient (Wildman–Crippen LogP) is 3.40. The summed E-state index contributed by atoms with van der Waals surface area (Å²) < 4.78 is 77.3. The van der Waals surface area contributed by atoms with Crippen LogP contribution in [0.1, 0.15) is 31.7 Å². The number of rotatable bonds is 7. The van der Waals surface area contributed by atoms with E-state index in [0.29, 0.717) is 19.6 Å². The van der Waals surface area contributed by atoms with Crippen molar-refractivity contribution in [3.05, 3.63) is 59.4 Å². The van der Waals surface area contributed by atoms with E-state index in [1.807, 2.05) is 0 Å². The van der Waals surface area contributed by atoms with Crippen LogP contribution in [0.25, 0.3) is 11.1 Å². The number of carbonyl (C=O) groups excluding carboxylic acids is 1. The summed E-state index contributed by atoms with van der Waals surface area (Å²) in [7, 11) is -3.62. The first-order valence-electron chi connectivity index (χ1n) is 11.8. The lowest BCUT2D eigenvalue weighted by Gasteiger charge is -2.34. The summed E-state index contributed by atoms with van der Waals surface area (Å²) in [6.07, 6.45) is 1.34. The van der Waals surface area contributed by atoms with E-state index in [4.69, 9.17) is 4.74 Å². The highest BCUT2D eigenvalue weighted by molar-refractivity contribution is 7.89. The van der Waals surface area contributed by atoms with Crippen LogP contribution in [-0.2, 0) is 26.0 Å². The molecule has 0 bridgehead atoms. The van der Waals surface area contributed by atoms with Crippen molar-refractivity contribution in [3.63, 3.8) is 0 Å². The van der Waals surface area contributed by atoms with E-state index >= 15 is 4.39 Å². The normalized spacial score (nSPS) is 25.0. The van der Waals surface area contributed by atoms with E-state index in [0.717, 1.165) is 31.0 Å². The quantitative estimate of drug-likeness (QED) is 0.622. The molecule has 1 unspecified atom stereocenters. The van der Waals surface area contributed by atoms with E-state index < -0.39 is 51.1 Å². The molecule has 1 amide bonds. The molecule has 1 saturated carbocycles. The van der Waals surface area contributed by atoms with Crippen molar-refractivity contribution in [2.45, 2.75) is 50.8 Å². The summed E-state index contributed by atoms with van der Waals surface area (Å²) in [6, 6.07) is 5.96. The van der Waals surface area contributed by atoms with Crippen molar-refractivity contribution in [2.24, 2.45) is 5.41 Å². The van der Waals surface area contributed by atoms with Crippen LogP contribution in [0.15, 0.2) is 36.4 Å². The third-order valence-electron chi connectivity index (χ3n) is 7.44. The van der Waals surface area contributed by atoms with Crippen molar-refractivity contribution in [1.29, 1.82) is 0 Å². The van der Waals surface area contributed by atoms with Gasteiger partial charge >= 0.3 is 0 Å². The van der Waals surface area contributed by atoms with Crippen molar-refractivity contribution >= 4 is 15.9 Å². The minimum Gasteiger partial charge on any atom is -0.368 e. The summed E-state index contributed by atoms with van der Waals surface area (Å²) >= 11 is 0. The Labute approximate surface area is 202 Å². The molecule has 2 saturated heterocycles. The first kappa shape index (κ1) is 24.3. The number of hydrogen-bond donors (Lipinski definition) is 1. The molecule has 5 rings (SSSR count). The number of halogens is 3. The van der Waals surface area contributed by atoms with E-state index in [9.17, 15) is 22.0 Å². The lowest BCUT2D eigenvalue weighted by atomic mass is 9.91. The highest BCUT2D eigenvalue weighted by atomic mass is 32.2. The van der Waals surface area contributed by atoms with Gasteiger partial charge in [0, 0.05) is 30.0 Å². The zero-order valence-electron chi connectivity index (χ0n) is 19.3. The van der Waals surface area contributed by atoms with E-state index in [-0.39, 0.29) is 34.8 Å². The SMILES string of the molecule is CCS(=O)(=O)N[C@@H]1[C@H](Cc2cc(F)cc(-c3cccc(F)c3)c2F)N(C(=O)C2CCO2)CC12CC2. The zero-order chi connectivity index (χ0) is 25.0. The predicted molar refractivity (Wildman–Crippen MR) is 123 cm³/mol. The second-order valence-electron chi connectivity index (χ2n) is 9.68. The highest BCUT2D eigenvalue weighted by Crippen LogP contribution is 2.56. The maximum absolute atomic E-state index is 15.7. The maximum atomic E-state index is 15.7. The van der Waals surface area contributed by atoms with Crippen LogP contribution in [0.2, 0.25) is 0 Å². The average molecular weight is 509 g/mol. The molecule has 0 aromatic heterocycles. The van der Waals surface area contributed by atoms with Crippen molar-refractivity contribution < 1.29 is 31.1 Å². The summed E-state index contributed by atoms with van der Waals surface area (Å²) in [6.45, 7) is 2.33. The van der Waals surface area contributed by atoms with Gasteiger partial charge in [-0.05, 0) is 61.6 Å². The Hall–Kier alpha value is -2.43. The minimum absolute atomic E-state index is 0.0000135. The summed E-state index contributed by atoms with van der Waals surface area (Å²) in [5.74, 6) is -2.40. The molecule has 2 aromatic rings. The van der Waals surface area contributed by atoms with Gasteiger partial charge in [0.1, 0.15) is 23.6 Å². The molecule has 1 aliphatic carbocycles. The van der Waals surface area contributed by atoms with Gasteiger partial charge in [0.2, 0.25) is 10.0 Å². The minimum atomic E-state index is -3.62. The Bertz CT molecular complexity index is 1260. The van der Waals surface area contributed by atoms with Gasteiger partial charge in [-0.3, -0.25) is 4.79 Å². The third kappa shape index (κ3) is 4.59. The molecule has 3 aliphatic rings. The Morgan fingerprint density at radius 2 is 1.91 bits per heavy atom. The molecule has 188 valence electrons. The fourth-order valence-electron chi connectivity index (χ4n) is 5.22. The zero-order valence-corrected chi connectivity index (χ0v) is 20.1. The Kier molecular flexibility index (Phi) is 6.17. The van der Waals surface area contributed by atoms with Gasteiger partial charge in [0.25, 0.3) is 5.91 Å². The van der Waals surface area contributed by atoms with Gasteiger partial charge < -0.3 is 9.64 Å². The Balaban J connectivity index is 1.54. The van der Waals surface area contributed by atoms with Gasteiger partial charge in [-0.15, -0.1) is 0 Å². The standard InChI is InChI=1S/C25H27F3N2O4S/c1-2-35(32,33)29-23-20(30(14-25(23)7-8-25)24(31)21-6-9-34-21)12-16-11-18(27)13-19(22(16)28)15-4-3-5-17(26)10-15/h3-5,10-11,13,20-21,23,29H,2,6-9,12,14H2,1H3/t20-,21?,23+/m0/s1. The van der Waals surface area contributed by atoms with Gasteiger partial charge in [-0.25, -0.2) is 26.3 Å². The molecule has 35 heavy (non-hydrogen) atoms. The molecule has 0 radical (unpaired) electrons. The number of carbonyl (C=O) groups is 1. The van der Waals surface area contributed by atoms with Gasteiger partial charge in [0.05, 0.1) is 18.4 Å². The number of benzene rings is 2. The highest BCUT2D eigenvalue weighted by Gasteiger charge is 2.62. The monoisotopic (exact) mass is 508 g/mol. The van der Waals surface area contributed by atoms with Crippen LogP contribution < -0.4 is 4.72 Å². The van der Waals surface area contributed by atoms with Gasteiger partial charge in [-0.1, -0.05) is 12.1 Å². The topological polar surface area (TPSA) is 75.7 Å².